The maximum atomic E-state index is 11.4. The van der Waals surface area contributed by atoms with Gasteiger partial charge in [-0.3, -0.25) is 9.69 Å². The number of benzene rings is 1. The molecule has 0 saturated carbocycles. The molecule has 2 heterocycles. The highest BCUT2D eigenvalue weighted by molar-refractivity contribution is 6.35. The summed E-state index contributed by atoms with van der Waals surface area (Å²) >= 11 is 6.17. The van der Waals surface area contributed by atoms with Crippen molar-refractivity contribution in [2.75, 3.05) is 6.54 Å². The Bertz CT molecular complexity index is 707. The van der Waals surface area contributed by atoms with Gasteiger partial charge in [0.1, 0.15) is 6.04 Å². The molecule has 6 heteroatoms. The molecule has 2 N–H and O–H groups in total. The number of aliphatic hydroxyl groups is 1. The monoisotopic (exact) mass is 320 g/mol. The minimum atomic E-state index is -0.905. The number of hydrogen-bond donors (Lipinski definition) is 2. The number of para-hydroxylation sites is 1. The molecule has 22 heavy (non-hydrogen) atoms. The summed E-state index contributed by atoms with van der Waals surface area (Å²) in [5.41, 5.74) is 1.51. The van der Waals surface area contributed by atoms with Crippen LogP contribution in [-0.4, -0.2) is 44.8 Å². The molecule has 1 saturated heterocycles. The van der Waals surface area contributed by atoms with Crippen molar-refractivity contribution >= 4 is 28.5 Å². The molecule has 0 aliphatic carbocycles. The fraction of sp³-hybridized carbons (Fsp3) is 0.375. The van der Waals surface area contributed by atoms with Crippen LogP contribution in [0.5, 0.6) is 0 Å². The number of aromatic nitrogens is 1. The Balaban J connectivity index is 1.85. The van der Waals surface area contributed by atoms with E-state index in [0.717, 1.165) is 16.6 Å². The first kappa shape index (κ1) is 15.2. The van der Waals surface area contributed by atoms with Crippen LogP contribution in [0, 0.1) is 0 Å². The standard InChI is InChI=1S/C16H17ClN2O3/c17-13-3-1-2-10-4-5-11(18-15(10)13)9-19-7-6-12(20)8-14(19)16(21)22/h1-5,12,14,20H,6-9H2,(H,21,22)/t12-,14+/m1/s1. The number of fused-ring (bicyclic) bond motifs is 1. The van der Waals surface area contributed by atoms with Crippen molar-refractivity contribution in [2.45, 2.75) is 31.5 Å². The number of hydrogen-bond acceptors (Lipinski definition) is 4. The van der Waals surface area contributed by atoms with E-state index in [1.807, 2.05) is 29.2 Å². The van der Waals surface area contributed by atoms with Gasteiger partial charge in [0.25, 0.3) is 0 Å². The SMILES string of the molecule is O=C(O)[C@@H]1C[C@H](O)CCN1Cc1ccc2cccc(Cl)c2n1. The Morgan fingerprint density at radius 2 is 2.18 bits per heavy atom. The van der Waals surface area contributed by atoms with E-state index in [4.69, 9.17) is 11.6 Å². The Hall–Kier alpha value is -1.69. The highest BCUT2D eigenvalue weighted by Crippen LogP contribution is 2.24. The molecule has 3 rings (SSSR count). The van der Waals surface area contributed by atoms with Crippen molar-refractivity contribution in [1.29, 1.82) is 0 Å². The Labute approximate surface area is 133 Å². The van der Waals surface area contributed by atoms with Crippen molar-refractivity contribution < 1.29 is 15.0 Å². The van der Waals surface area contributed by atoms with Gasteiger partial charge in [0.15, 0.2) is 0 Å². The van der Waals surface area contributed by atoms with Crippen LogP contribution in [-0.2, 0) is 11.3 Å². The van der Waals surface area contributed by atoms with Crippen molar-refractivity contribution in [3.05, 3.63) is 41.0 Å². The van der Waals surface area contributed by atoms with Crippen molar-refractivity contribution in [3.63, 3.8) is 0 Å². The maximum Gasteiger partial charge on any atom is 0.321 e. The molecule has 0 bridgehead atoms. The number of halogens is 1. The van der Waals surface area contributed by atoms with Crippen molar-refractivity contribution in [2.24, 2.45) is 0 Å². The number of likely N-dealkylation sites (tertiary alicyclic amines) is 1. The summed E-state index contributed by atoms with van der Waals surface area (Å²) in [6, 6.07) is 8.76. The quantitative estimate of drug-likeness (QED) is 0.907. The summed E-state index contributed by atoms with van der Waals surface area (Å²) in [5.74, 6) is -0.905. The molecule has 1 aromatic carbocycles. The van der Waals surface area contributed by atoms with E-state index in [1.54, 1.807) is 6.07 Å². The van der Waals surface area contributed by atoms with E-state index < -0.39 is 18.1 Å². The number of aliphatic carboxylic acids is 1. The molecule has 116 valence electrons. The fourth-order valence-corrected chi connectivity index (χ4v) is 3.11. The minimum Gasteiger partial charge on any atom is -0.480 e. The van der Waals surface area contributed by atoms with Gasteiger partial charge in [-0.2, -0.15) is 0 Å². The van der Waals surface area contributed by atoms with Crippen LogP contribution in [0.15, 0.2) is 30.3 Å². The largest absolute Gasteiger partial charge is 0.480 e. The Morgan fingerprint density at radius 1 is 1.36 bits per heavy atom. The van der Waals surface area contributed by atoms with Crippen LogP contribution >= 0.6 is 11.6 Å². The van der Waals surface area contributed by atoms with Gasteiger partial charge in [-0.1, -0.05) is 29.8 Å². The van der Waals surface area contributed by atoms with Crippen LogP contribution in [0.3, 0.4) is 0 Å². The third kappa shape index (κ3) is 3.06. The summed E-state index contributed by atoms with van der Waals surface area (Å²) in [6.45, 7) is 0.977. The number of carboxylic acids is 1. The molecule has 1 aromatic heterocycles. The van der Waals surface area contributed by atoms with E-state index in [0.29, 0.717) is 24.5 Å². The number of aliphatic hydroxyl groups excluding tert-OH is 1. The highest BCUT2D eigenvalue weighted by atomic mass is 35.5. The molecule has 1 aliphatic rings. The van der Waals surface area contributed by atoms with E-state index in [2.05, 4.69) is 4.98 Å². The van der Waals surface area contributed by atoms with Crippen LogP contribution in [0.25, 0.3) is 10.9 Å². The molecule has 0 radical (unpaired) electrons. The average Bonchev–Trinajstić information content (AvgIpc) is 2.50. The van der Waals surface area contributed by atoms with Crippen molar-refractivity contribution in [3.8, 4) is 0 Å². The van der Waals surface area contributed by atoms with E-state index in [9.17, 15) is 15.0 Å². The van der Waals surface area contributed by atoms with Gasteiger partial charge < -0.3 is 10.2 Å². The van der Waals surface area contributed by atoms with Crippen molar-refractivity contribution in [1.82, 2.24) is 9.88 Å². The summed E-state index contributed by atoms with van der Waals surface area (Å²) in [4.78, 5) is 17.8. The van der Waals surface area contributed by atoms with E-state index >= 15 is 0 Å². The third-order valence-electron chi connectivity index (χ3n) is 4.06. The van der Waals surface area contributed by atoms with Gasteiger partial charge in [0.2, 0.25) is 0 Å². The molecule has 1 aliphatic heterocycles. The molecule has 1 fully saturated rings. The van der Waals surface area contributed by atoms with Gasteiger partial charge in [-0.05, 0) is 25.0 Å². The molecule has 0 unspecified atom stereocenters. The molecule has 2 aromatic rings. The van der Waals surface area contributed by atoms with Crippen LogP contribution in [0.2, 0.25) is 5.02 Å². The van der Waals surface area contributed by atoms with Gasteiger partial charge in [0.05, 0.1) is 22.3 Å². The van der Waals surface area contributed by atoms with E-state index in [-0.39, 0.29) is 6.42 Å². The predicted octanol–water partition coefficient (Wildman–Crippen LogP) is 2.30. The zero-order valence-electron chi connectivity index (χ0n) is 11.9. The Morgan fingerprint density at radius 3 is 2.95 bits per heavy atom. The number of carboxylic acid groups (broad SMARTS) is 1. The lowest BCUT2D eigenvalue weighted by Crippen LogP contribution is -2.48. The zero-order chi connectivity index (χ0) is 15.7. The first-order chi connectivity index (χ1) is 10.5. The maximum absolute atomic E-state index is 11.4. The third-order valence-corrected chi connectivity index (χ3v) is 4.37. The molecular weight excluding hydrogens is 304 g/mol. The van der Waals surface area contributed by atoms with Gasteiger partial charge >= 0.3 is 5.97 Å². The highest BCUT2D eigenvalue weighted by Gasteiger charge is 2.32. The number of pyridine rings is 1. The molecule has 5 nitrogen and oxygen atoms in total. The topological polar surface area (TPSA) is 73.7 Å². The summed E-state index contributed by atoms with van der Waals surface area (Å²) < 4.78 is 0. The number of carbonyl (C=O) groups is 1. The molecular formula is C16H17ClN2O3. The number of rotatable bonds is 3. The zero-order valence-corrected chi connectivity index (χ0v) is 12.7. The second-order valence-electron chi connectivity index (χ2n) is 5.62. The first-order valence-corrected chi connectivity index (χ1v) is 7.61. The predicted molar refractivity (Wildman–Crippen MR) is 83.8 cm³/mol. The fourth-order valence-electron chi connectivity index (χ4n) is 2.89. The normalized spacial score (nSPS) is 22.8. The Kier molecular flexibility index (Phi) is 4.29. The minimum absolute atomic E-state index is 0.254. The molecule has 2 atom stereocenters. The van der Waals surface area contributed by atoms with Gasteiger partial charge in [0, 0.05) is 18.5 Å². The summed E-state index contributed by atoms with van der Waals surface area (Å²) in [6.07, 6.45) is 0.290. The molecule has 0 amide bonds. The summed E-state index contributed by atoms with van der Waals surface area (Å²) in [7, 11) is 0. The lowest BCUT2D eigenvalue weighted by Gasteiger charge is -2.35. The van der Waals surface area contributed by atoms with Gasteiger partial charge in [-0.15, -0.1) is 0 Å². The van der Waals surface area contributed by atoms with Crippen LogP contribution in [0.4, 0.5) is 0 Å². The second-order valence-corrected chi connectivity index (χ2v) is 6.02. The van der Waals surface area contributed by atoms with Crippen LogP contribution < -0.4 is 0 Å². The number of piperidine rings is 1. The summed E-state index contributed by atoms with van der Waals surface area (Å²) in [5, 5.41) is 20.5. The smallest absolute Gasteiger partial charge is 0.321 e. The first-order valence-electron chi connectivity index (χ1n) is 7.23. The average molecular weight is 321 g/mol. The van der Waals surface area contributed by atoms with E-state index in [1.165, 1.54) is 0 Å². The van der Waals surface area contributed by atoms with Gasteiger partial charge in [-0.25, -0.2) is 4.98 Å². The second kappa shape index (κ2) is 6.20. The lowest BCUT2D eigenvalue weighted by molar-refractivity contribution is -0.147. The van der Waals surface area contributed by atoms with Crippen LogP contribution in [0.1, 0.15) is 18.5 Å². The lowest BCUT2D eigenvalue weighted by atomic mass is 9.99. The molecule has 0 spiro atoms. The number of nitrogens with zero attached hydrogens (tertiary/aromatic N) is 2.